The second-order valence-electron chi connectivity index (χ2n) is 4.03. The molecule has 0 amide bonds. The average molecular weight is 195 g/mol. The summed E-state index contributed by atoms with van der Waals surface area (Å²) in [6.45, 7) is 4.56. The van der Waals surface area contributed by atoms with Crippen LogP contribution in [-0.2, 0) is 0 Å². The fourth-order valence-electron chi connectivity index (χ4n) is 1.75. The van der Waals surface area contributed by atoms with E-state index in [9.17, 15) is 0 Å². The Morgan fingerprint density at radius 2 is 2.23 bits per heavy atom. The molecule has 1 N–H and O–H groups in total. The fourth-order valence-corrected chi connectivity index (χ4v) is 2.49. The quantitative estimate of drug-likeness (QED) is 0.778. The molecule has 1 aliphatic carbocycles. The first-order valence-corrected chi connectivity index (χ1v) is 5.95. The molecule has 1 heterocycles. The van der Waals surface area contributed by atoms with Gasteiger partial charge in [0.15, 0.2) is 0 Å². The molecule has 2 atom stereocenters. The lowest BCUT2D eigenvalue weighted by Crippen LogP contribution is -2.30. The Kier molecular flexibility index (Phi) is 2.70. The Hall–Kier alpha value is -0.340. The molecule has 1 saturated carbocycles. The predicted octanol–water partition coefficient (Wildman–Crippen LogP) is 3.20. The zero-order chi connectivity index (χ0) is 9.26. The van der Waals surface area contributed by atoms with Gasteiger partial charge in [0.2, 0.25) is 0 Å². The van der Waals surface area contributed by atoms with E-state index in [1.807, 2.05) is 11.3 Å². The summed E-state index contributed by atoms with van der Waals surface area (Å²) in [4.78, 5) is 1.45. The van der Waals surface area contributed by atoms with Crippen molar-refractivity contribution in [2.75, 3.05) is 0 Å². The highest BCUT2D eigenvalue weighted by molar-refractivity contribution is 7.10. The molecular weight excluding hydrogens is 178 g/mol. The standard InChI is InChI=1S/C11H17NS/c1-8(10-5-6-10)12-9(2)11-4-3-7-13-11/h3-4,7-10,12H,5-6H2,1-2H3/t8?,9-/m0/s1. The summed E-state index contributed by atoms with van der Waals surface area (Å²) in [7, 11) is 0. The maximum atomic E-state index is 3.65. The zero-order valence-corrected chi connectivity index (χ0v) is 9.10. The van der Waals surface area contributed by atoms with Crippen molar-refractivity contribution in [3.63, 3.8) is 0 Å². The molecule has 1 unspecified atom stereocenters. The Morgan fingerprint density at radius 3 is 2.77 bits per heavy atom. The third-order valence-electron chi connectivity index (χ3n) is 2.81. The topological polar surface area (TPSA) is 12.0 Å². The van der Waals surface area contributed by atoms with Crippen molar-refractivity contribution in [1.82, 2.24) is 5.32 Å². The Balaban J connectivity index is 1.87. The van der Waals surface area contributed by atoms with Gasteiger partial charge in [-0.1, -0.05) is 6.07 Å². The highest BCUT2D eigenvalue weighted by Crippen LogP contribution is 2.33. The molecule has 1 nitrogen and oxygen atoms in total. The smallest absolute Gasteiger partial charge is 0.0388 e. The maximum absolute atomic E-state index is 3.65. The van der Waals surface area contributed by atoms with Gasteiger partial charge in [0.05, 0.1) is 0 Å². The molecule has 1 aromatic heterocycles. The monoisotopic (exact) mass is 195 g/mol. The van der Waals surface area contributed by atoms with Gasteiger partial charge in [-0.05, 0) is 44.1 Å². The van der Waals surface area contributed by atoms with E-state index in [2.05, 4.69) is 36.7 Å². The molecule has 0 radical (unpaired) electrons. The Morgan fingerprint density at radius 1 is 1.46 bits per heavy atom. The van der Waals surface area contributed by atoms with Crippen LogP contribution in [0.1, 0.15) is 37.6 Å². The first-order valence-electron chi connectivity index (χ1n) is 5.07. The summed E-state index contributed by atoms with van der Waals surface area (Å²) in [5.41, 5.74) is 0. The van der Waals surface area contributed by atoms with Crippen LogP contribution in [-0.4, -0.2) is 6.04 Å². The number of hydrogen-bond donors (Lipinski definition) is 1. The van der Waals surface area contributed by atoms with Crippen molar-refractivity contribution >= 4 is 11.3 Å². The summed E-state index contributed by atoms with van der Waals surface area (Å²) >= 11 is 1.84. The van der Waals surface area contributed by atoms with Crippen molar-refractivity contribution in [2.24, 2.45) is 5.92 Å². The van der Waals surface area contributed by atoms with E-state index in [1.165, 1.54) is 17.7 Å². The molecule has 13 heavy (non-hydrogen) atoms. The van der Waals surface area contributed by atoms with Crippen LogP contribution in [0.2, 0.25) is 0 Å². The van der Waals surface area contributed by atoms with Gasteiger partial charge in [0.1, 0.15) is 0 Å². The van der Waals surface area contributed by atoms with E-state index in [4.69, 9.17) is 0 Å². The zero-order valence-electron chi connectivity index (χ0n) is 8.29. The average Bonchev–Trinajstić information content (AvgIpc) is 2.81. The van der Waals surface area contributed by atoms with E-state index in [0.29, 0.717) is 12.1 Å². The van der Waals surface area contributed by atoms with Gasteiger partial charge in [-0.2, -0.15) is 0 Å². The minimum absolute atomic E-state index is 0.524. The lowest BCUT2D eigenvalue weighted by Gasteiger charge is -2.18. The number of hydrogen-bond acceptors (Lipinski definition) is 2. The van der Waals surface area contributed by atoms with Crippen molar-refractivity contribution in [1.29, 1.82) is 0 Å². The van der Waals surface area contributed by atoms with Crippen molar-refractivity contribution in [3.05, 3.63) is 22.4 Å². The molecule has 2 rings (SSSR count). The molecule has 0 aromatic carbocycles. The van der Waals surface area contributed by atoms with E-state index in [1.54, 1.807) is 0 Å². The van der Waals surface area contributed by atoms with E-state index in [-0.39, 0.29) is 0 Å². The van der Waals surface area contributed by atoms with Gasteiger partial charge >= 0.3 is 0 Å². The summed E-state index contributed by atoms with van der Waals surface area (Å²) in [6, 6.07) is 5.55. The minimum Gasteiger partial charge on any atom is -0.307 e. The summed E-state index contributed by atoms with van der Waals surface area (Å²) in [6.07, 6.45) is 2.84. The molecule has 1 aliphatic rings. The Labute approximate surface area is 84.2 Å². The number of thiophene rings is 1. The highest BCUT2D eigenvalue weighted by atomic mass is 32.1. The lowest BCUT2D eigenvalue weighted by molar-refractivity contribution is 0.445. The molecule has 0 spiro atoms. The van der Waals surface area contributed by atoms with Crippen LogP contribution in [0, 0.1) is 5.92 Å². The third-order valence-corrected chi connectivity index (χ3v) is 3.87. The summed E-state index contributed by atoms with van der Waals surface area (Å²) in [5, 5.41) is 5.80. The predicted molar refractivity (Wildman–Crippen MR) is 58.1 cm³/mol. The Bertz CT molecular complexity index is 251. The normalized spacial score (nSPS) is 21.4. The lowest BCUT2D eigenvalue weighted by atomic mass is 10.2. The van der Waals surface area contributed by atoms with Crippen LogP contribution in [0.5, 0.6) is 0 Å². The minimum atomic E-state index is 0.524. The van der Waals surface area contributed by atoms with E-state index >= 15 is 0 Å². The van der Waals surface area contributed by atoms with Gasteiger partial charge in [0.25, 0.3) is 0 Å². The summed E-state index contributed by atoms with van der Waals surface area (Å²) < 4.78 is 0. The van der Waals surface area contributed by atoms with Crippen LogP contribution in [0.15, 0.2) is 17.5 Å². The van der Waals surface area contributed by atoms with Crippen LogP contribution in [0.4, 0.5) is 0 Å². The molecule has 0 aliphatic heterocycles. The largest absolute Gasteiger partial charge is 0.307 e. The molecule has 2 heteroatoms. The molecule has 0 bridgehead atoms. The van der Waals surface area contributed by atoms with Crippen LogP contribution < -0.4 is 5.32 Å². The molecule has 1 fully saturated rings. The third kappa shape index (κ3) is 2.32. The van der Waals surface area contributed by atoms with Crippen LogP contribution in [0.25, 0.3) is 0 Å². The molecule has 72 valence electrons. The second-order valence-corrected chi connectivity index (χ2v) is 5.01. The maximum Gasteiger partial charge on any atom is 0.0388 e. The molecular formula is C11H17NS. The SMILES string of the molecule is CC(N[C@@H](C)c1cccs1)C1CC1. The van der Waals surface area contributed by atoms with Gasteiger partial charge in [-0.15, -0.1) is 11.3 Å². The van der Waals surface area contributed by atoms with Gasteiger partial charge in [-0.25, -0.2) is 0 Å². The molecule has 1 aromatic rings. The van der Waals surface area contributed by atoms with Crippen LogP contribution >= 0.6 is 11.3 Å². The highest BCUT2D eigenvalue weighted by Gasteiger charge is 2.28. The molecule has 0 saturated heterocycles. The second kappa shape index (κ2) is 3.81. The van der Waals surface area contributed by atoms with Crippen molar-refractivity contribution in [3.8, 4) is 0 Å². The van der Waals surface area contributed by atoms with Crippen molar-refractivity contribution < 1.29 is 0 Å². The van der Waals surface area contributed by atoms with E-state index < -0.39 is 0 Å². The van der Waals surface area contributed by atoms with E-state index in [0.717, 1.165) is 5.92 Å². The van der Waals surface area contributed by atoms with Gasteiger partial charge in [-0.3, -0.25) is 0 Å². The number of nitrogens with one attached hydrogen (secondary N) is 1. The van der Waals surface area contributed by atoms with Crippen LogP contribution in [0.3, 0.4) is 0 Å². The number of rotatable bonds is 4. The summed E-state index contributed by atoms with van der Waals surface area (Å²) in [5.74, 6) is 0.947. The van der Waals surface area contributed by atoms with Crippen molar-refractivity contribution in [2.45, 2.75) is 38.8 Å². The van der Waals surface area contributed by atoms with Gasteiger partial charge < -0.3 is 5.32 Å². The first-order chi connectivity index (χ1) is 6.27. The fraction of sp³-hybridized carbons (Fsp3) is 0.636. The first kappa shape index (κ1) is 9.22. The van der Waals surface area contributed by atoms with Gasteiger partial charge in [0, 0.05) is 17.0 Å².